The second kappa shape index (κ2) is 9.59. The number of benzene rings is 1. The molecule has 10 atom stereocenters. The Morgan fingerprint density at radius 3 is 2.51 bits per heavy atom. The molecule has 0 aromatic heterocycles. The summed E-state index contributed by atoms with van der Waals surface area (Å²) in [6.45, 7) is 12.7. The van der Waals surface area contributed by atoms with Crippen molar-refractivity contribution in [1.29, 1.82) is 0 Å². The highest BCUT2D eigenvalue weighted by atomic mass is 35.5. The van der Waals surface area contributed by atoms with Crippen molar-refractivity contribution in [3.8, 4) is 11.8 Å². The van der Waals surface area contributed by atoms with Gasteiger partial charge in [0.2, 0.25) is 0 Å². The molecule has 0 amide bonds. The van der Waals surface area contributed by atoms with Crippen LogP contribution in [0.2, 0.25) is 5.02 Å². The topological polar surface area (TPSA) is 12.5 Å². The van der Waals surface area contributed by atoms with Crippen LogP contribution in [0, 0.1) is 64.1 Å². The lowest BCUT2D eigenvalue weighted by atomic mass is 9.44. The van der Waals surface area contributed by atoms with Crippen molar-refractivity contribution in [1.82, 2.24) is 0 Å². The Bertz CT molecular complexity index is 1070. The first-order chi connectivity index (χ1) is 17.7. The molecular formula is C35H49ClO. The van der Waals surface area contributed by atoms with Crippen LogP contribution in [0.3, 0.4) is 0 Å². The molecule has 0 spiro atoms. The van der Waals surface area contributed by atoms with Crippen LogP contribution >= 0.6 is 11.6 Å². The van der Waals surface area contributed by atoms with Gasteiger partial charge in [0, 0.05) is 5.56 Å². The second-order valence-electron chi connectivity index (χ2n) is 14.8. The lowest BCUT2D eigenvalue weighted by molar-refractivity contribution is -0.112. The van der Waals surface area contributed by atoms with Gasteiger partial charge in [-0.2, -0.15) is 0 Å². The molecule has 0 N–H and O–H groups in total. The van der Waals surface area contributed by atoms with Crippen molar-refractivity contribution < 1.29 is 4.74 Å². The third-order valence-corrected chi connectivity index (χ3v) is 12.9. The summed E-state index contributed by atoms with van der Waals surface area (Å²) in [6.07, 6.45) is 15.6. The average Bonchev–Trinajstić information content (AvgIpc) is 3.41. The number of hydrogen-bond donors (Lipinski definition) is 0. The predicted octanol–water partition coefficient (Wildman–Crippen LogP) is 9.56. The maximum absolute atomic E-state index is 6.46. The quantitative estimate of drug-likeness (QED) is 0.278. The van der Waals surface area contributed by atoms with E-state index in [2.05, 4.69) is 46.5 Å². The van der Waals surface area contributed by atoms with E-state index >= 15 is 0 Å². The number of ether oxygens (including phenoxy) is 1. The molecule has 2 heteroatoms. The lowest BCUT2D eigenvalue weighted by Gasteiger charge is -2.60. The molecule has 1 aromatic carbocycles. The highest BCUT2D eigenvalue weighted by molar-refractivity contribution is 6.31. The van der Waals surface area contributed by atoms with Gasteiger partial charge >= 0.3 is 0 Å². The summed E-state index contributed by atoms with van der Waals surface area (Å²) in [4.78, 5) is 0. The second-order valence-corrected chi connectivity index (χ2v) is 15.2. The van der Waals surface area contributed by atoms with E-state index in [0.717, 1.165) is 58.4 Å². The van der Waals surface area contributed by atoms with Crippen LogP contribution in [-0.4, -0.2) is 11.7 Å². The Morgan fingerprint density at radius 2 is 1.73 bits per heavy atom. The Labute approximate surface area is 231 Å². The Morgan fingerprint density at radius 1 is 0.946 bits per heavy atom. The third-order valence-electron chi connectivity index (χ3n) is 12.5. The van der Waals surface area contributed by atoms with Gasteiger partial charge in [-0.25, -0.2) is 0 Å². The molecule has 1 nitrogen and oxygen atoms in total. The van der Waals surface area contributed by atoms with Gasteiger partial charge in [-0.1, -0.05) is 89.5 Å². The van der Waals surface area contributed by atoms with E-state index in [1.165, 1.54) is 64.2 Å². The average molecular weight is 521 g/mol. The van der Waals surface area contributed by atoms with Crippen LogP contribution in [0.4, 0.5) is 0 Å². The number of rotatable bonds is 5. The van der Waals surface area contributed by atoms with Crippen LogP contribution in [0.25, 0.3) is 0 Å². The van der Waals surface area contributed by atoms with Gasteiger partial charge in [0.1, 0.15) is 6.10 Å². The zero-order valence-corrected chi connectivity index (χ0v) is 24.7. The van der Waals surface area contributed by atoms with E-state index in [9.17, 15) is 0 Å². The number of epoxide rings is 1. The van der Waals surface area contributed by atoms with E-state index < -0.39 is 0 Å². The van der Waals surface area contributed by atoms with E-state index in [-0.39, 0.29) is 5.60 Å². The smallest absolute Gasteiger partial charge is 0.155 e. The molecule has 1 heterocycles. The van der Waals surface area contributed by atoms with Crippen LogP contribution in [0.5, 0.6) is 0 Å². The summed E-state index contributed by atoms with van der Waals surface area (Å²) >= 11 is 6.39. The normalized spacial score (nSPS) is 44.6. The summed E-state index contributed by atoms with van der Waals surface area (Å²) in [5, 5.41) is 0.749. The molecule has 5 aliphatic rings. The fourth-order valence-electron chi connectivity index (χ4n) is 10.5. The molecule has 1 saturated heterocycles. The molecule has 0 bridgehead atoms. The van der Waals surface area contributed by atoms with E-state index in [1.54, 1.807) is 0 Å². The first-order valence-electron chi connectivity index (χ1n) is 15.6. The number of fused-ring (bicyclic) bond motifs is 6. The van der Waals surface area contributed by atoms with E-state index in [0.29, 0.717) is 16.9 Å². The first kappa shape index (κ1) is 26.3. The monoisotopic (exact) mass is 520 g/mol. The zero-order chi connectivity index (χ0) is 26.0. The van der Waals surface area contributed by atoms with Crippen molar-refractivity contribution in [2.75, 3.05) is 0 Å². The summed E-state index contributed by atoms with van der Waals surface area (Å²) in [7, 11) is 0. The molecular weight excluding hydrogens is 472 g/mol. The summed E-state index contributed by atoms with van der Waals surface area (Å²) < 4.78 is 6.46. The Balaban J connectivity index is 1.15. The van der Waals surface area contributed by atoms with Crippen LogP contribution < -0.4 is 0 Å². The van der Waals surface area contributed by atoms with Crippen molar-refractivity contribution >= 4 is 11.6 Å². The molecule has 1 aliphatic heterocycles. The van der Waals surface area contributed by atoms with Crippen LogP contribution in [0.15, 0.2) is 24.3 Å². The molecule has 6 rings (SSSR count). The first-order valence-corrected chi connectivity index (χ1v) is 16.0. The van der Waals surface area contributed by atoms with Gasteiger partial charge < -0.3 is 4.74 Å². The summed E-state index contributed by atoms with van der Waals surface area (Å²) in [6, 6.07) is 7.96. The van der Waals surface area contributed by atoms with Gasteiger partial charge in [0.15, 0.2) is 5.60 Å². The number of hydrogen-bond acceptors (Lipinski definition) is 1. The minimum absolute atomic E-state index is 0.205. The third kappa shape index (κ3) is 4.42. The minimum Gasteiger partial charge on any atom is -0.352 e. The molecule has 1 aromatic rings. The van der Waals surface area contributed by atoms with Crippen LogP contribution in [-0.2, 0) is 4.74 Å². The maximum Gasteiger partial charge on any atom is 0.155 e. The van der Waals surface area contributed by atoms with Gasteiger partial charge in [-0.05, 0) is 116 Å². The van der Waals surface area contributed by atoms with Crippen molar-refractivity contribution in [3.05, 3.63) is 34.9 Å². The summed E-state index contributed by atoms with van der Waals surface area (Å²) in [5.41, 5.74) is 1.74. The molecule has 202 valence electrons. The largest absolute Gasteiger partial charge is 0.352 e. The highest BCUT2D eigenvalue weighted by Crippen LogP contribution is 2.71. The van der Waals surface area contributed by atoms with Gasteiger partial charge in [-0.15, -0.1) is 0 Å². The Hall–Kier alpha value is -0.970. The van der Waals surface area contributed by atoms with Gasteiger partial charge in [0.25, 0.3) is 0 Å². The molecule has 0 unspecified atom stereocenters. The SMILES string of the molecule is CC(C)CCC[C@@H](C)[C@H]1CC[C@H]2[C@@H]3CC[C@@H]4C[C@]5(C#Cc6ccccc6Cl)O[C@@H]5C[C@]4(C)[C@H]3CC[C@]12C. The van der Waals surface area contributed by atoms with E-state index in [1.807, 2.05) is 24.3 Å². The fraction of sp³-hybridized carbons (Fsp3) is 0.771. The molecule has 5 fully saturated rings. The van der Waals surface area contributed by atoms with Crippen LogP contribution in [0.1, 0.15) is 111 Å². The van der Waals surface area contributed by atoms with Crippen molar-refractivity contribution in [2.45, 2.75) is 117 Å². The van der Waals surface area contributed by atoms with Crippen molar-refractivity contribution in [2.24, 2.45) is 52.3 Å². The predicted molar refractivity (Wildman–Crippen MR) is 154 cm³/mol. The maximum atomic E-state index is 6.46. The fourth-order valence-corrected chi connectivity index (χ4v) is 10.7. The highest BCUT2D eigenvalue weighted by Gasteiger charge is 2.68. The Kier molecular flexibility index (Phi) is 6.81. The standard InChI is InChI=1S/C35H49ClO/c1-23(2)9-8-10-24(3)28-15-16-29-27-14-13-26-21-35(20-17-25-11-6-7-12-31(25)36)32(37-35)22-34(26,5)30(27)18-19-33(28,29)4/h6-7,11-12,23-24,26-30,32H,8-10,13-16,18-19,21-22H2,1-5H3/t24-,26-,27+,28-,29+,30+,32-,33-,34+,35+/m1/s1. The minimum atomic E-state index is -0.205. The van der Waals surface area contributed by atoms with Gasteiger partial charge in [0.05, 0.1) is 5.02 Å². The van der Waals surface area contributed by atoms with Gasteiger partial charge in [-0.3, -0.25) is 0 Å². The molecule has 0 radical (unpaired) electrons. The zero-order valence-electron chi connectivity index (χ0n) is 24.0. The number of halogens is 1. The molecule has 4 saturated carbocycles. The molecule has 4 aliphatic carbocycles. The van der Waals surface area contributed by atoms with E-state index in [4.69, 9.17) is 16.3 Å². The summed E-state index contributed by atoms with van der Waals surface area (Å²) in [5.74, 6) is 13.2. The lowest BCUT2D eigenvalue weighted by Crippen LogP contribution is -2.54. The van der Waals surface area contributed by atoms with Crippen molar-refractivity contribution in [3.63, 3.8) is 0 Å². The molecule has 37 heavy (non-hydrogen) atoms.